The first-order valence-electron chi connectivity index (χ1n) is 7.47. The first-order chi connectivity index (χ1) is 9.30. The molecule has 0 aliphatic heterocycles. The number of imidazole rings is 1. The highest BCUT2D eigenvalue weighted by Crippen LogP contribution is 2.18. The molecule has 0 aliphatic rings. The molecular weight excluding hydrogens is 234 g/mol. The van der Waals surface area contributed by atoms with Gasteiger partial charge < -0.3 is 9.88 Å². The van der Waals surface area contributed by atoms with Crippen LogP contribution in [0.15, 0.2) is 24.3 Å². The van der Waals surface area contributed by atoms with Crippen LogP contribution in [-0.4, -0.2) is 22.1 Å². The van der Waals surface area contributed by atoms with Crippen LogP contribution in [0.4, 0.5) is 0 Å². The van der Waals surface area contributed by atoms with Crippen LogP contribution in [0.25, 0.3) is 11.0 Å². The summed E-state index contributed by atoms with van der Waals surface area (Å²) in [6.07, 6.45) is 3.30. The van der Waals surface area contributed by atoms with Crippen molar-refractivity contribution < 1.29 is 0 Å². The number of likely N-dealkylation sites (N-methyl/N-ethyl adjacent to an activating group) is 1. The summed E-state index contributed by atoms with van der Waals surface area (Å²) in [6, 6.07) is 8.98. The minimum Gasteiger partial charge on any atom is -0.328 e. The van der Waals surface area contributed by atoms with Gasteiger partial charge in [0.15, 0.2) is 0 Å². The molecule has 0 spiro atoms. The number of hydrogen-bond acceptors (Lipinski definition) is 2. The highest BCUT2D eigenvalue weighted by atomic mass is 15.1. The van der Waals surface area contributed by atoms with E-state index in [2.05, 4.69) is 54.9 Å². The lowest BCUT2D eigenvalue weighted by molar-refractivity contribution is 0.488. The molecule has 1 aromatic heterocycles. The van der Waals surface area contributed by atoms with Gasteiger partial charge in [-0.15, -0.1) is 0 Å². The van der Waals surface area contributed by atoms with Gasteiger partial charge in [0.05, 0.1) is 11.0 Å². The number of aromatic nitrogens is 2. The number of aryl methyl sites for hydroxylation is 1. The van der Waals surface area contributed by atoms with Gasteiger partial charge in [0.2, 0.25) is 0 Å². The summed E-state index contributed by atoms with van der Waals surface area (Å²) < 4.78 is 2.38. The molecule has 0 fully saturated rings. The van der Waals surface area contributed by atoms with Crippen molar-refractivity contribution >= 4 is 11.0 Å². The summed E-state index contributed by atoms with van der Waals surface area (Å²) in [5.74, 6) is 1.22. The third kappa shape index (κ3) is 3.16. The van der Waals surface area contributed by atoms with E-state index in [1.54, 1.807) is 0 Å². The molecule has 3 nitrogen and oxygen atoms in total. The molecule has 0 bridgehead atoms. The van der Waals surface area contributed by atoms with Crippen molar-refractivity contribution in [2.24, 2.45) is 0 Å². The van der Waals surface area contributed by atoms with Crippen molar-refractivity contribution in [2.75, 3.05) is 6.54 Å². The molecule has 0 amide bonds. The molecule has 2 rings (SSSR count). The van der Waals surface area contributed by atoms with Crippen LogP contribution in [0.3, 0.4) is 0 Å². The van der Waals surface area contributed by atoms with E-state index in [0.29, 0.717) is 6.04 Å². The van der Waals surface area contributed by atoms with E-state index in [-0.39, 0.29) is 0 Å². The molecule has 19 heavy (non-hydrogen) atoms. The molecule has 0 saturated heterocycles. The average Bonchev–Trinajstić information content (AvgIpc) is 2.77. The van der Waals surface area contributed by atoms with Gasteiger partial charge in [0, 0.05) is 19.0 Å². The second-order valence-electron chi connectivity index (χ2n) is 5.04. The monoisotopic (exact) mass is 259 g/mol. The first kappa shape index (κ1) is 14.1. The summed E-state index contributed by atoms with van der Waals surface area (Å²) in [4.78, 5) is 4.82. The SMILES string of the molecule is CCCn1c(CC(CC)NCC)nc2ccccc21. The maximum absolute atomic E-state index is 4.82. The molecule has 3 heteroatoms. The van der Waals surface area contributed by atoms with Crippen LogP contribution in [0.5, 0.6) is 0 Å². The Balaban J connectivity index is 2.32. The summed E-state index contributed by atoms with van der Waals surface area (Å²) in [6.45, 7) is 8.70. The molecule has 0 radical (unpaired) electrons. The maximum Gasteiger partial charge on any atom is 0.111 e. The molecule has 104 valence electrons. The average molecular weight is 259 g/mol. The first-order valence-corrected chi connectivity index (χ1v) is 7.47. The van der Waals surface area contributed by atoms with Gasteiger partial charge in [-0.3, -0.25) is 0 Å². The third-order valence-electron chi connectivity index (χ3n) is 3.60. The Kier molecular flexibility index (Phi) is 4.97. The number of hydrogen-bond donors (Lipinski definition) is 1. The second kappa shape index (κ2) is 6.71. The molecule has 0 saturated carbocycles. The van der Waals surface area contributed by atoms with Crippen LogP contribution < -0.4 is 5.32 Å². The topological polar surface area (TPSA) is 29.9 Å². The predicted octanol–water partition coefficient (Wildman–Crippen LogP) is 3.38. The zero-order valence-electron chi connectivity index (χ0n) is 12.3. The lowest BCUT2D eigenvalue weighted by Gasteiger charge is -2.16. The van der Waals surface area contributed by atoms with Crippen LogP contribution in [0, 0.1) is 0 Å². The lowest BCUT2D eigenvalue weighted by Crippen LogP contribution is -2.31. The zero-order valence-corrected chi connectivity index (χ0v) is 12.3. The Morgan fingerprint density at radius 2 is 2.00 bits per heavy atom. The van der Waals surface area contributed by atoms with Crippen molar-refractivity contribution in [2.45, 2.75) is 52.6 Å². The van der Waals surface area contributed by atoms with E-state index in [4.69, 9.17) is 4.98 Å². The van der Waals surface area contributed by atoms with Crippen LogP contribution in [0.1, 0.15) is 39.4 Å². The molecule has 0 aliphatic carbocycles. The van der Waals surface area contributed by atoms with Crippen LogP contribution in [-0.2, 0) is 13.0 Å². The maximum atomic E-state index is 4.82. The Hall–Kier alpha value is -1.35. The van der Waals surface area contributed by atoms with Crippen molar-refractivity contribution in [1.29, 1.82) is 0 Å². The van der Waals surface area contributed by atoms with Gasteiger partial charge in [-0.25, -0.2) is 4.98 Å². The zero-order chi connectivity index (χ0) is 13.7. The van der Waals surface area contributed by atoms with E-state index in [1.807, 2.05) is 0 Å². The second-order valence-corrected chi connectivity index (χ2v) is 5.04. The number of para-hydroxylation sites is 2. The van der Waals surface area contributed by atoms with Crippen molar-refractivity contribution in [3.63, 3.8) is 0 Å². The van der Waals surface area contributed by atoms with Gasteiger partial charge in [-0.1, -0.05) is 32.9 Å². The van der Waals surface area contributed by atoms with Crippen LogP contribution in [0.2, 0.25) is 0 Å². The van der Waals surface area contributed by atoms with Gasteiger partial charge in [-0.2, -0.15) is 0 Å². The molecular formula is C16H25N3. The predicted molar refractivity (Wildman–Crippen MR) is 81.5 cm³/mol. The van der Waals surface area contributed by atoms with E-state index < -0.39 is 0 Å². The summed E-state index contributed by atoms with van der Waals surface area (Å²) in [7, 11) is 0. The fourth-order valence-corrected chi connectivity index (χ4v) is 2.62. The minimum atomic E-state index is 0.525. The van der Waals surface area contributed by atoms with Crippen LogP contribution >= 0.6 is 0 Å². The van der Waals surface area contributed by atoms with Crippen molar-refractivity contribution in [3.8, 4) is 0 Å². The van der Waals surface area contributed by atoms with Crippen molar-refractivity contribution in [3.05, 3.63) is 30.1 Å². The fourth-order valence-electron chi connectivity index (χ4n) is 2.62. The normalized spacial score (nSPS) is 13.0. The third-order valence-corrected chi connectivity index (χ3v) is 3.60. The van der Waals surface area contributed by atoms with E-state index >= 15 is 0 Å². The number of nitrogens with one attached hydrogen (secondary N) is 1. The Bertz CT molecular complexity index is 516. The fraction of sp³-hybridized carbons (Fsp3) is 0.562. The molecule has 2 aromatic rings. The molecule has 1 aromatic carbocycles. The number of rotatable bonds is 7. The van der Waals surface area contributed by atoms with Gasteiger partial charge in [0.1, 0.15) is 5.82 Å². The molecule has 1 unspecified atom stereocenters. The quantitative estimate of drug-likeness (QED) is 0.826. The highest BCUT2D eigenvalue weighted by molar-refractivity contribution is 5.75. The number of fused-ring (bicyclic) bond motifs is 1. The lowest BCUT2D eigenvalue weighted by atomic mass is 10.1. The minimum absolute atomic E-state index is 0.525. The smallest absolute Gasteiger partial charge is 0.111 e. The van der Waals surface area contributed by atoms with Crippen molar-refractivity contribution in [1.82, 2.24) is 14.9 Å². The summed E-state index contributed by atoms with van der Waals surface area (Å²) >= 11 is 0. The summed E-state index contributed by atoms with van der Waals surface area (Å²) in [5, 5.41) is 3.54. The van der Waals surface area contributed by atoms with Gasteiger partial charge in [0.25, 0.3) is 0 Å². The molecule has 1 atom stereocenters. The Morgan fingerprint density at radius 1 is 1.21 bits per heavy atom. The Labute approximate surface area is 116 Å². The standard InChI is InChI=1S/C16H25N3/c1-4-11-19-15-10-8-7-9-14(15)18-16(19)12-13(5-2)17-6-3/h7-10,13,17H,4-6,11-12H2,1-3H3. The van der Waals surface area contributed by atoms with E-state index in [0.717, 1.165) is 37.9 Å². The van der Waals surface area contributed by atoms with Gasteiger partial charge in [-0.05, 0) is 31.5 Å². The largest absolute Gasteiger partial charge is 0.328 e. The molecule has 1 N–H and O–H groups in total. The highest BCUT2D eigenvalue weighted by Gasteiger charge is 2.13. The Morgan fingerprint density at radius 3 is 2.68 bits per heavy atom. The van der Waals surface area contributed by atoms with E-state index in [9.17, 15) is 0 Å². The summed E-state index contributed by atoms with van der Waals surface area (Å²) in [5.41, 5.74) is 2.39. The van der Waals surface area contributed by atoms with E-state index in [1.165, 1.54) is 11.3 Å². The molecule has 1 heterocycles. The van der Waals surface area contributed by atoms with Gasteiger partial charge >= 0.3 is 0 Å². The number of benzene rings is 1. The number of nitrogens with zero attached hydrogens (tertiary/aromatic N) is 2.